The third kappa shape index (κ3) is 3.37. The minimum Gasteiger partial charge on any atom is -0.264 e. The van der Waals surface area contributed by atoms with Crippen LogP contribution in [0.1, 0.15) is 23.6 Å². The van der Waals surface area contributed by atoms with Crippen LogP contribution in [0.4, 0.5) is 0 Å². The molecule has 3 aromatic rings. The van der Waals surface area contributed by atoms with Crippen LogP contribution in [0.2, 0.25) is 0 Å². The van der Waals surface area contributed by atoms with E-state index in [4.69, 9.17) is 0 Å². The van der Waals surface area contributed by atoms with E-state index in [1.165, 1.54) is 22.3 Å². The number of hydrazine groups is 1. The second-order valence-electron chi connectivity index (χ2n) is 6.24. The van der Waals surface area contributed by atoms with Gasteiger partial charge in [-0.3, -0.25) is 4.98 Å². The lowest BCUT2D eigenvalue weighted by Crippen LogP contribution is -2.31. The molecule has 0 radical (unpaired) electrons. The molecule has 1 atom stereocenters. The molecule has 1 unspecified atom stereocenters. The van der Waals surface area contributed by atoms with Crippen molar-refractivity contribution >= 4 is 0 Å². The first-order valence-electron chi connectivity index (χ1n) is 8.44. The van der Waals surface area contributed by atoms with Gasteiger partial charge in [-0.15, -0.1) is 0 Å². The lowest BCUT2D eigenvalue weighted by atomic mass is 9.99. The molecule has 24 heavy (non-hydrogen) atoms. The molecular formula is C21H21N3. The smallest absolute Gasteiger partial charge is 0.0477 e. The summed E-state index contributed by atoms with van der Waals surface area (Å²) in [5, 5.41) is 2.29. The van der Waals surface area contributed by atoms with E-state index in [2.05, 4.69) is 76.1 Å². The van der Waals surface area contributed by atoms with Gasteiger partial charge in [0.1, 0.15) is 0 Å². The molecule has 3 heteroatoms. The minimum atomic E-state index is 0.380. The molecule has 0 amide bonds. The van der Waals surface area contributed by atoms with Gasteiger partial charge in [0.2, 0.25) is 0 Å². The largest absolute Gasteiger partial charge is 0.264 e. The van der Waals surface area contributed by atoms with Gasteiger partial charge in [0.15, 0.2) is 0 Å². The summed E-state index contributed by atoms with van der Waals surface area (Å²) in [5.74, 6) is 0. The molecule has 1 aliphatic rings. The van der Waals surface area contributed by atoms with Crippen molar-refractivity contribution in [3.8, 4) is 11.1 Å². The summed E-state index contributed by atoms with van der Waals surface area (Å²) in [5.41, 5.74) is 8.78. The highest BCUT2D eigenvalue weighted by Crippen LogP contribution is 2.27. The minimum absolute atomic E-state index is 0.380. The predicted molar refractivity (Wildman–Crippen MR) is 97.0 cm³/mol. The summed E-state index contributed by atoms with van der Waals surface area (Å²) >= 11 is 0. The molecule has 1 aromatic heterocycles. The number of aromatic nitrogens is 1. The van der Waals surface area contributed by atoms with Crippen LogP contribution in [0.5, 0.6) is 0 Å². The van der Waals surface area contributed by atoms with Gasteiger partial charge in [-0.2, -0.15) is 0 Å². The third-order valence-corrected chi connectivity index (χ3v) is 4.52. The molecular weight excluding hydrogens is 294 g/mol. The molecule has 2 heterocycles. The van der Waals surface area contributed by atoms with Gasteiger partial charge in [0.25, 0.3) is 0 Å². The average molecular weight is 315 g/mol. The summed E-state index contributed by atoms with van der Waals surface area (Å²) in [7, 11) is 0. The highest BCUT2D eigenvalue weighted by atomic mass is 15.5. The monoisotopic (exact) mass is 315 g/mol. The van der Waals surface area contributed by atoms with Crippen LogP contribution in [-0.2, 0) is 6.54 Å². The maximum Gasteiger partial charge on any atom is 0.0477 e. The molecule has 1 fully saturated rings. The Morgan fingerprint density at radius 3 is 2.67 bits per heavy atom. The molecule has 2 aromatic carbocycles. The quantitative estimate of drug-likeness (QED) is 0.782. The molecule has 0 spiro atoms. The van der Waals surface area contributed by atoms with Gasteiger partial charge in [0, 0.05) is 31.5 Å². The molecule has 1 N–H and O–H groups in total. The highest BCUT2D eigenvalue weighted by Gasteiger charge is 2.23. The zero-order valence-electron chi connectivity index (χ0n) is 13.6. The standard InChI is InChI=1S/C21H21N3/c1-2-7-18(8-3-1)19-9-4-10-20(14-19)21-11-13-24(23-21)16-17-6-5-12-22-15-17/h1-10,12,14-15,21,23H,11,13,16H2. The van der Waals surface area contributed by atoms with Gasteiger partial charge in [0.05, 0.1) is 0 Å². The first-order chi connectivity index (χ1) is 11.9. The molecule has 0 bridgehead atoms. The van der Waals surface area contributed by atoms with E-state index in [0.717, 1.165) is 19.5 Å². The topological polar surface area (TPSA) is 28.2 Å². The molecule has 1 aliphatic heterocycles. The normalized spacial score (nSPS) is 17.9. The van der Waals surface area contributed by atoms with Crippen LogP contribution in [0.15, 0.2) is 79.1 Å². The Bertz CT molecular complexity index is 786. The van der Waals surface area contributed by atoms with Gasteiger partial charge in [-0.25, -0.2) is 10.4 Å². The van der Waals surface area contributed by atoms with E-state index in [9.17, 15) is 0 Å². The van der Waals surface area contributed by atoms with Crippen LogP contribution >= 0.6 is 0 Å². The van der Waals surface area contributed by atoms with Crippen LogP contribution in [0.3, 0.4) is 0 Å². The molecule has 120 valence electrons. The summed E-state index contributed by atoms with van der Waals surface area (Å²) in [6, 6.07) is 23.9. The van der Waals surface area contributed by atoms with E-state index in [-0.39, 0.29) is 0 Å². The fourth-order valence-corrected chi connectivity index (χ4v) is 3.28. The molecule has 0 aliphatic carbocycles. The van der Waals surface area contributed by atoms with Crippen molar-refractivity contribution in [1.29, 1.82) is 0 Å². The van der Waals surface area contributed by atoms with Crippen molar-refractivity contribution in [1.82, 2.24) is 15.4 Å². The maximum atomic E-state index is 4.19. The fraction of sp³-hybridized carbons (Fsp3) is 0.190. The lowest BCUT2D eigenvalue weighted by Gasteiger charge is -2.18. The Morgan fingerprint density at radius 1 is 0.958 bits per heavy atom. The van der Waals surface area contributed by atoms with E-state index in [1.807, 2.05) is 18.5 Å². The van der Waals surface area contributed by atoms with Crippen molar-refractivity contribution in [2.24, 2.45) is 0 Å². The Labute approximate surface area is 142 Å². The van der Waals surface area contributed by atoms with E-state index < -0.39 is 0 Å². The van der Waals surface area contributed by atoms with Crippen LogP contribution in [-0.4, -0.2) is 16.5 Å². The van der Waals surface area contributed by atoms with E-state index in [1.54, 1.807) is 0 Å². The molecule has 0 saturated carbocycles. The van der Waals surface area contributed by atoms with Crippen molar-refractivity contribution < 1.29 is 0 Å². The maximum absolute atomic E-state index is 4.19. The van der Waals surface area contributed by atoms with E-state index in [0.29, 0.717) is 6.04 Å². The van der Waals surface area contributed by atoms with Crippen molar-refractivity contribution in [2.75, 3.05) is 6.54 Å². The molecule has 1 saturated heterocycles. The van der Waals surface area contributed by atoms with Gasteiger partial charge in [-0.1, -0.05) is 54.6 Å². The van der Waals surface area contributed by atoms with Gasteiger partial charge in [-0.05, 0) is 40.8 Å². The van der Waals surface area contributed by atoms with Crippen LogP contribution in [0.25, 0.3) is 11.1 Å². The number of rotatable bonds is 4. The number of hydrogen-bond acceptors (Lipinski definition) is 3. The fourth-order valence-electron chi connectivity index (χ4n) is 3.28. The number of nitrogens with one attached hydrogen (secondary N) is 1. The third-order valence-electron chi connectivity index (χ3n) is 4.52. The highest BCUT2D eigenvalue weighted by molar-refractivity contribution is 5.64. The first-order valence-corrected chi connectivity index (χ1v) is 8.44. The Morgan fingerprint density at radius 2 is 1.83 bits per heavy atom. The SMILES string of the molecule is c1ccc(-c2cccc(C3CCN(Cc4cccnc4)N3)c2)cc1. The molecule has 4 rings (SSSR count). The van der Waals surface area contributed by atoms with Crippen LogP contribution in [0, 0.1) is 0 Å². The summed E-state index contributed by atoms with van der Waals surface area (Å²) < 4.78 is 0. The summed E-state index contributed by atoms with van der Waals surface area (Å²) in [6.07, 6.45) is 4.88. The number of nitrogens with zero attached hydrogens (tertiary/aromatic N) is 2. The average Bonchev–Trinajstić information content (AvgIpc) is 3.12. The lowest BCUT2D eigenvalue weighted by molar-refractivity contribution is 0.227. The number of hydrogen-bond donors (Lipinski definition) is 1. The summed E-state index contributed by atoms with van der Waals surface area (Å²) in [6.45, 7) is 1.94. The Hall–Kier alpha value is -2.49. The number of benzene rings is 2. The second-order valence-corrected chi connectivity index (χ2v) is 6.24. The van der Waals surface area contributed by atoms with Crippen molar-refractivity contribution in [3.63, 3.8) is 0 Å². The molecule has 3 nitrogen and oxygen atoms in total. The Kier molecular flexibility index (Phi) is 4.36. The van der Waals surface area contributed by atoms with Crippen molar-refractivity contribution in [2.45, 2.75) is 19.0 Å². The predicted octanol–water partition coefficient (Wildman–Crippen LogP) is 4.20. The summed E-state index contributed by atoms with van der Waals surface area (Å²) in [4.78, 5) is 4.19. The second kappa shape index (κ2) is 6.95. The van der Waals surface area contributed by atoms with E-state index >= 15 is 0 Å². The van der Waals surface area contributed by atoms with Crippen molar-refractivity contribution in [3.05, 3.63) is 90.3 Å². The first kappa shape index (κ1) is 15.1. The number of pyridine rings is 1. The van der Waals surface area contributed by atoms with Crippen LogP contribution < -0.4 is 5.43 Å². The van der Waals surface area contributed by atoms with Gasteiger partial charge >= 0.3 is 0 Å². The zero-order chi connectivity index (χ0) is 16.2. The zero-order valence-corrected chi connectivity index (χ0v) is 13.6. The Balaban J connectivity index is 1.47. The van der Waals surface area contributed by atoms with Gasteiger partial charge < -0.3 is 0 Å².